The fraction of sp³-hybridized carbons (Fsp3) is 0.429. The lowest BCUT2D eigenvalue weighted by molar-refractivity contribution is -0.385. The molecular weight excluding hydrogens is 276 g/mol. The molecule has 21 heavy (non-hydrogen) atoms. The standard InChI is InChI=1S/C14H18N2O5/c1-4-15-11(8-13(17)21-3)14(18)10-6-5-9(2)12(7-10)16(19)20/h5-7,11,15H,4,8H2,1-3H3. The van der Waals surface area contributed by atoms with E-state index < -0.39 is 16.9 Å². The molecule has 0 aliphatic carbocycles. The molecule has 0 amide bonds. The summed E-state index contributed by atoms with van der Waals surface area (Å²) in [7, 11) is 1.24. The summed E-state index contributed by atoms with van der Waals surface area (Å²) < 4.78 is 4.55. The van der Waals surface area contributed by atoms with Crippen molar-refractivity contribution in [2.45, 2.75) is 26.3 Å². The molecule has 0 saturated heterocycles. The van der Waals surface area contributed by atoms with E-state index in [9.17, 15) is 19.7 Å². The summed E-state index contributed by atoms with van der Waals surface area (Å²) in [6.07, 6.45) is -0.120. The minimum atomic E-state index is -0.759. The Morgan fingerprint density at radius 2 is 2.10 bits per heavy atom. The molecule has 0 radical (unpaired) electrons. The zero-order valence-corrected chi connectivity index (χ0v) is 12.2. The monoisotopic (exact) mass is 294 g/mol. The Hall–Kier alpha value is -2.28. The van der Waals surface area contributed by atoms with Crippen LogP contribution < -0.4 is 5.32 Å². The minimum Gasteiger partial charge on any atom is -0.469 e. The van der Waals surface area contributed by atoms with E-state index in [1.165, 1.54) is 25.3 Å². The molecule has 0 saturated carbocycles. The zero-order valence-electron chi connectivity index (χ0n) is 12.2. The number of Topliss-reactive ketones (excluding diaryl/α,β-unsaturated/α-hetero) is 1. The lowest BCUT2D eigenvalue weighted by atomic mass is 9.99. The summed E-state index contributed by atoms with van der Waals surface area (Å²) in [6, 6.07) is 3.52. The summed E-state index contributed by atoms with van der Waals surface area (Å²) in [6.45, 7) is 3.89. The van der Waals surface area contributed by atoms with Crippen molar-refractivity contribution in [3.8, 4) is 0 Å². The largest absolute Gasteiger partial charge is 0.469 e. The number of hydrogen-bond acceptors (Lipinski definition) is 6. The SMILES string of the molecule is CCNC(CC(=O)OC)C(=O)c1ccc(C)c([N+](=O)[O-])c1. The van der Waals surface area contributed by atoms with Gasteiger partial charge in [-0.2, -0.15) is 0 Å². The van der Waals surface area contributed by atoms with Crippen molar-refractivity contribution in [2.24, 2.45) is 0 Å². The topological polar surface area (TPSA) is 98.5 Å². The van der Waals surface area contributed by atoms with Crippen molar-refractivity contribution in [1.29, 1.82) is 0 Å². The zero-order chi connectivity index (χ0) is 16.0. The van der Waals surface area contributed by atoms with Crippen LogP contribution in [0.15, 0.2) is 18.2 Å². The van der Waals surface area contributed by atoms with Crippen LogP contribution in [0.4, 0.5) is 5.69 Å². The van der Waals surface area contributed by atoms with Crippen LogP contribution in [0, 0.1) is 17.0 Å². The van der Waals surface area contributed by atoms with Gasteiger partial charge in [-0.3, -0.25) is 19.7 Å². The van der Waals surface area contributed by atoms with Gasteiger partial charge in [0.05, 0.1) is 24.5 Å². The molecule has 1 unspecified atom stereocenters. The van der Waals surface area contributed by atoms with E-state index in [0.29, 0.717) is 12.1 Å². The van der Waals surface area contributed by atoms with Gasteiger partial charge >= 0.3 is 5.97 Å². The highest BCUT2D eigenvalue weighted by Gasteiger charge is 2.24. The molecule has 1 aromatic rings. The number of ether oxygens (including phenoxy) is 1. The second-order valence-electron chi connectivity index (χ2n) is 4.51. The Morgan fingerprint density at radius 3 is 2.62 bits per heavy atom. The van der Waals surface area contributed by atoms with Crippen LogP contribution in [0.2, 0.25) is 0 Å². The number of nitro groups is 1. The molecule has 7 heteroatoms. The van der Waals surface area contributed by atoms with Crippen LogP contribution in [0.5, 0.6) is 0 Å². The number of nitrogens with one attached hydrogen (secondary N) is 1. The van der Waals surface area contributed by atoms with Gasteiger partial charge < -0.3 is 10.1 Å². The number of likely N-dealkylation sites (N-methyl/N-ethyl adjacent to an activating group) is 1. The molecule has 1 N–H and O–H groups in total. The molecule has 0 heterocycles. The molecule has 1 rings (SSSR count). The molecule has 0 spiro atoms. The first-order valence-corrected chi connectivity index (χ1v) is 6.50. The normalized spacial score (nSPS) is 11.8. The highest BCUT2D eigenvalue weighted by Crippen LogP contribution is 2.20. The highest BCUT2D eigenvalue weighted by atomic mass is 16.6. The Balaban J connectivity index is 3.06. The molecule has 1 aromatic carbocycles. The van der Waals surface area contributed by atoms with Crippen LogP contribution >= 0.6 is 0 Å². The van der Waals surface area contributed by atoms with Gasteiger partial charge in [0.25, 0.3) is 5.69 Å². The number of esters is 1. The van der Waals surface area contributed by atoms with Crippen LogP contribution in [0.1, 0.15) is 29.3 Å². The Labute approximate surface area is 122 Å². The van der Waals surface area contributed by atoms with E-state index in [1.807, 2.05) is 0 Å². The number of nitrogens with zero attached hydrogens (tertiary/aromatic N) is 1. The fourth-order valence-corrected chi connectivity index (χ4v) is 1.91. The predicted molar refractivity (Wildman–Crippen MR) is 76.3 cm³/mol. The van der Waals surface area contributed by atoms with E-state index in [4.69, 9.17) is 0 Å². The van der Waals surface area contributed by atoms with Crippen molar-refractivity contribution >= 4 is 17.4 Å². The van der Waals surface area contributed by atoms with Crippen molar-refractivity contribution in [3.63, 3.8) is 0 Å². The summed E-state index contributed by atoms with van der Waals surface area (Å²) in [5, 5.41) is 13.8. The molecule has 114 valence electrons. The molecule has 0 bridgehead atoms. The van der Waals surface area contributed by atoms with Crippen LogP contribution in [0.25, 0.3) is 0 Å². The van der Waals surface area contributed by atoms with Crippen molar-refractivity contribution in [2.75, 3.05) is 13.7 Å². The summed E-state index contributed by atoms with van der Waals surface area (Å²) >= 11 is 0. The predicted octanol–water partition coefficient (Wildman–Crippen LogP) is 1.63. The number of rotatable bonds is 7. The number of carbonyl (C=O) groups excluding carboxylic acids is 2. The Morgan fingerprint density at radius 1 is 1.43 bits per heavy atom. The van der Waals surface area contributed by atoms with Crippen molar-refractivity contribution < 1.29 is 19.2 Å². The number of benzene rings is 1. The smallest absolute Gasteiger partial charge is 0.307 e. The van der Waals surface area contributed by atoms with Gasteiger partial charge in [0.1, 0.15) is 0 Å². The van der Waals surface area contributed by atoms with Crippen molar-refractivity contribution in [1.82, 2.24) is 5.32 Å². The molecular formula is C14H18N2O5. The third-order valence-corrected chi connectivity index (χ3v) is 3.06. The van der Waals surface area contributed by atoms with E-state index >= 15 is 0 Å². The average Bonchev–Trinajstić information content (AvgIpc) is 2.46. The van der Waals surface area contributed by atoms with Gasteiger partial charge in [0.15, 0.2) is 5.78 Å². The second kappa shape index (κ2) is 7.49. The average molecular weight is 294 g/mol. The maximum atomic E-state index is 12.4. The van der Waals surface area contributed by atoms with Gasteiger partial charge in [-0.15, -0.1) is 0 Å². The van der Waals surface area contributed by atoms with E-state index in [2.05, 4.69) is 10.1 Å². The van der Waals surface area contributed by atoms with Crippen LogP contribution in [-0.2, 0) is 9.53 Å². The molecule has 0 aliphatic heterocycles. The van der Waals surface area contributed by atoms with Gasteiger partial charge in [-0.05, 0) is 13.5 Å². The maximum absolute atomic E-state index is 12.4. The fourth-order valence-electron chi connectivity index (χ4n) is 1.91. The van der Waals surface area contributed by atoms with Crippen LogP contribution in [0.3, 0.4) is 0 Å². The van der Waals surface area contributed by atoms with Crippen molar-refractivity contribution in [3.05, 3.63) is 39.4 Å². The summed E-state index contributed by atoms with van der Waals surface area (Å²) in [5.74, 6) is -0.888. The second-order valence-corrected chi connectivity index (χ2v) is 4.51. The van der Waals surface area contributed by atoms with Gasteiger partial charge in [-0.25, -0.2) is 0 Å². The van der Waals surface area contributed by atoms with Gasteiger partial charge in [0, 0.05) is 17.2 Å². The lowest BCUT2D eigenvalue weighted by Gasteiger charge is -2.15. The number of methoxy groups -OCH3 is 1. The first-order chi connectivity index (χ1) is 9.90. The summed E-state index contributed by atoms with van der Waals surface area (Å²) in [4.78, 5) is 34.1. The first kappa shape index (κ1) is 16.8. The van der Waals surface area contributed by atoms with E-state index in [0.717, 1.165) is 0 Å². The Bertz CT molecular complexity index is 556. The quantitative estimate of drug-likeness (QED) is 0.355. The number of nitro benzene ring substituents is 1. The molecule has 0 aliphatic rings. The molecule has 0 aromatic heterocycles. The number of aryl methyl sites for hydroxylation is 1. The van der Waals surface area contributed by atoms with E-state index in [1.54, 1.807) is 13.8 Å². The van der Waals surface area contributed by atoms with Gasteiger partial charge in [-0.1, -0.05) is 19.1 Å². The minimum absolute atomic E-state index is 0.117. The number of hydrogen-bond donors (Lipinski definition) is 1. The highest BCUT2D eigenvalue weighted by molar-refractivity contribution is 6.02. The van der Waals surface area contributed by atoms with Crippen LogP contribution in [-0.4, -0.2) is 36.4 Å². The maximum Gasteiger partial charge on any atom is 0.307 e. The molecule has 0 fully saturated rings. The lowest BCUT2D eigenvalue weighted by Crippen LogP contribution is -2.38. The van der Waals surface area contributed by atoms with E-state index in [-0.39, 0.29) is 23.5 Å². The third-order valence-electron chi connectivity index (χ3n) is 3.06. The van der Waals surface area contributed by atoms with Gasteiger partial charge in [0.2, 0.25) is 0 Å². The molecule has 7 nitrogen and oxygen atoms in total. The first-order valence-electron chi connectivity index (χ1n) is 6.50. The third kappa shape index (κ3) is 4.35. The number of carbonyl (C=O) groups is 2. The number of ketones is 1. The Kier molecular flexibility index (Phi) is 5.98. The molecule has 1 atom stereocenters. The summed E-state index contributed by atoms with van der Waals surface area (Å²) in [5.41, 5.74) is 0.556.